The molecule has 0 saturated heterocycles. The molecule has 4 aromatic carbocycles. The van der Waals surface area contributed by atoms with Crippen molar-refractivity contribution < 1.29 is 67.5 Å². The molecule has 10 aromatic heterocycles. The van der Waals surface area contributed by atoms with Crippen LogP contribution in [0.3, 0.4) is 0 Å². The van der Waals surface area contributed by atoms with E-state index in [1.165, 1.54) is 57.1 Å². The minimum absolute atomic E-state index is 0. The first-order valence-electron chi connectivity index (χ1n) is 31.1. The van der Waals surface area contributed by atoms with Crippen molar-refractivity contribution in [2.24, 2.45) is 0 Å². The van der Waals surface area contributed by atoms with E-state index < -0.39 is 27.1 Å². The summed E-state index contributed by atoms with van der Waals surface area (Å²) in [7, 11) is -0.637. The van der Waals surface area contributed by atoms with Crippen LogP contribution in [0.5, 0.6) is 17.2 Å². The summed E-state index contributed by atoms with van der Waals surface area (Å²) < 4.78 is 54.7. The molecule has 0 bridgehead atoms. The molecule has 30 nitrogen and oxygen atoms in total. The van der Waals surface area contributed by atoms with Crippen LogP contribution in [0.2, 0.25) is 10.6 Å². The fourth-order valence-electron chi connectivity index (χ4n) is 9.18. The zero-order chi connectivity index (χ0) is 76.5. The molecule has 0 aliphatic rings. The third-order valence-electron chi connectivity index (χ3n) is 14.2. The molecule has 0 fully saturated rings. The Labute approximate surface area is 660 Å². The minimum Gasteiger partial charge on any atom is -0.497 e. The van der Waals surface area contributed by atoms with Crippen molar-refractivity contribution in [3.05, 3.63) is 228 Å². The van der Waals surface area contributed by atoms with E-state index in [0.717, 1.165) is 105 Å². The van der Waals surface area contributed by atoms with Crippen molar-refractivity contribution in [3.8, 4) is 39.5 Å². The predicted molar refractivity (Wildman–Crippen MR) is 422 cm³/mol. The molecular weight excluding hydrogens is 1660 g/mol. The maximum absolute atomic E-state index is 10.5. The number of hydrogen-bond acceptors (Lipinski definition) is 26. The van der Waals surface area contributed by atoms with Gasteiger partial charge in [0.05, 0.1) is 102 Å². The number of nitrogen functional groups attached to an aromatic ring is 1. The molecule has 0 amide bonds. The molecule has 10 heterocycles. The van der Waals surface area contributed by atoms with E-state index >= 15 is 0 Å². The first-order valence-corrected chi connectivity index (χ1v) is 36.6. The maximum atomic E-state index is 10.5. The van der Waals surface area contributed by atoms with Crippen LogP contribution >= 0.6 is 73.1 Å². The van der Waals surface area contributed by atoms with Gasteiger partial charge in [-0.05, 0) is 118 Å². The fraction of sp³-hybridized carbons (Fsp3) is 0.191. The number of fused-ring (bicyclic) bond motifs is 3. The summed E-state index contributed by atoms with van der Waals surface area (Å²) in [5, 5.41) is 58.9. The molecule has 0 spiro atoms. The van der Waals surface area contributed by atoms with Crippen molar-refractivity contribution in [3.63, 3.8) is 0 Å². The van der Waals surface area contributed by atoms with Crippen molar-refractivity contribution in [1.29, 1.82) is 0 Å². The van der Waals surface area contributed by atoms with Gasteiger partial charge in [0, 0.05) is 107 Å². The van der Waals surface area contributed by atoms with Gasteiger partial charge in [-0.2, -0.15) is 28.8 Å². The Bertz CT molecular complexity index is 5290. The molecule has 0 atom stereocenters. The van der Waals surface area contributed by atoms with Crippen LogP contribution in [-0.2, 0) is 50.2 Å². The number of rotatable bonds is 14. The van der Waals surface area contributed by atoms with E-state index in [1.54, 1.807) is 120 Å². The number of thiophene rings is 3. The number of halogens is 3. The SMILES string of the molecule is CCn1cc(N)cn1.CCn1cc(Nc2ncc3sc(C)c(-c4ccccc4OC)c3n2)cn1.CCn1cc([N+](=O)[O-])cn1.COc1ccccc1-c1c(C)sc2cnc(Cl)nc12.COc1ccccc1B(O)O.Cc1ccc(S(=O)(=O)O)cc1.Cc1sc2cnc(Cl)nc2c1Br.O=[N+]([O-])c1cn[nH]c1.[CH3-].[Pd]. The number of hydrogen-bond donors (Lipinski definition) is 6. The summed E-state index contributed by atoms with van der Waals surface area (Å²) in [4.78, 5) is 48.0. The van der Waals surface area contributed by atoms with E-state index in [2.05, 4.69) is 91.6 Å². The van der Waals surface area contributed by atoms with E-state index in [1.807, 2.05) is 94.2 Å². The molecule has 0 aliphatic heterocycles. The van der Waals surface area contributed by atoms with Crippen molar-refractivity contribution in [1.82, 2.24) is 69.4 Å². The van der Waals surface area contributed by atoms with Gasteiger partial charge in [0.25, 0.3) is 10.1 Å². The Morgan fingerprint density at radius 1 is 0.607 bits per heavy atom. The molecule has 0 saturated carbocycles. The third kappa shape index (κ3) is 25.2. The smallest absolute Gasteiger partial charge is 0.492 e. The first kappa shape index (κ1) is 87.9. The van der Waals surface area contributed by atoms with E-state index in [-0.39, 0.29) is 49.4 Å². The van der Waals surface area contributed by atoms with Crippen LogP contribution in [-0.4, -0.2) is 131 Å². The van der Waals surface area contributed by atoms with E-state index in [4.69, 9.17) is 62.7 Å². The van der Waals surface area contributed by atoms with Gasteiger partial charge >= 0.3 is 18.5 Å². The van der Waals surface area contributed by atoms with E-state index in [0.29, 0.717) is 29.0 Å². The predicted octanol–water partition coefficient (Wildman–Crippen LogP) is 15.1. The van der Waals surface area contributed by atoms with Crippen LogP contribution in [0.25, 0.3) is 52.9 Å². The van der Waals surface area contributed by atoms with Crippen molar-refractivity contribution >= 4 is 155 Å². The standard InChI is InChI=1S/C19H19N5OS.C14H11ClN2OS.C7H9BO3.C7H4BrClN2S.C7H8O3S.C5H7N3O2.C5H9N3.C3H3N3O2.CH3.Pd/c1-4-24-11-13(9-21-24)22-19-20-10-16-18(23-19)17(12(2)26-16)14-7-5-6-8-15(14)25-3;1-8-12(9-5-3-4-6-10(9)18-2)13-11(19-8)7-16-14(15)17-13;1-11-7-5-3-2-4-6(7)8(9)10;1-3-5(8)6-4(12-3)2-10-7(9)11-6;1-6-2-4-7(5-3-6)11(8,9)10;1-2-7-4-5(3-6-7)8(9)10;1-2-8-4-5(6)3-7-8;7-6(8)3-1-4-5-2-3;;/h5-11H,4H2,1-3H3,(H,20,22,23);3-7H,1-2H3;2-5,9-10H,1H3;2H,1H3;2-5H,1H3,(H,8,9,10);3-4H,2H2,1H3;3-4H,2,6H2,1H3;1-2H,(H,4,5);1H3;/q;;;;;;;;-1;. The van der Waals surface area contributed by atoms with Crippen molar-refractivity contribution in [2.45, 2.75) is 73.0 Å². The number of aromatic amines is 1. The molecule has 14 rings (SSSR count). The number of nitrogens with zero attached hydrogens (tertiary/aromatic N) is 15. The molecule has 0 radical (unpaired) electrons. The zero-order valence-corrected chi connectivity index (χ0v) is 67.1. The second kappa shape index (κ2) is 42.6. The number of anilines is 3. The Kier molecular flexibility index (Phi) is 35.0. The largest absolute Gasteiger partial charge is 0.497 e. The summed E-state index contributed by atoms with van der Waals surface area (Å²) >= 11 is 20.0. The van der Waals surface area contributed by atoms with Crippen LogP contribution in [0.1, 0.15) is 41.0 Å². The van der Waals surface area contributed by atoms with Gasteiger partial charge in [0.2, 0.25) is 16.5 Å². The molecule has 0 unspecified atom stereocenters. The van der Waals surface area contributed by atoms with Crippen molar-refractivity contribution in [2.75, 3.05) is 32.4 Å². The Morgan fingerprint density at radius 2 is 1.07 bits per heavy atom. The van der Waals surface area contributed by atoms with Gasteiger partial charge in [-0.3, -0.25) is 43.9 Å². The number of nitrogens with two attached hydrogens (primary N) is 1. The fourth-order valence-corrected chi connectivity index (χ4v) is 13.4. The Balaban J connectivity index is 0.000000227. The number of aromatic nitrogens is 14. The van der Waals surface area contributed by atoms with Gasteiger partial charge < -0.3 is 42.7 Å². The number of methoxy groups -OCH3 is 3. The van der Waals surface area contributed by atoms with Gasteiger partial charge in [0.15, 0.2) is 0 Å². The second-order valence-corrected chi connectivity index (χ2v) is 28.0. The number of H-pyrrole nitrogens is 1. The quantitative estimate of drug-likeness (QED) is 0.0147. The average molecular weight is 1730 g/mol. The molecular formula is C68H73BBrCl2N18O12PdS4-. The number of para-hydroxylation sites is 3. The monoisotopic (exact) mass is 1730 g/mol. The number of benzene rings is 4. The molecule has 7 N–H and O–H groups in total. The topological polar surface area (TPSA) is 406 Å². The molecule has 566 valence electrons. The van der Waals surface area contributed by atoms with Crippen LogP contribution < -0.4 is 30.7 Å². The number of nitro groups is 2. The number of aryl methyl sites for hydroxylation is 7. The first-order chi connectivity index (χ1) is 50.2. The van der Waals surface area contributed by atoms with E-state index in [9.17, 15) is 28.6 Å². The third-order valence-corrected chi connectivity index (χ3v) is 19.8. The number of nitrogens with one attached hydrogen (secondary N) is 2. The minimum atomic E-state index is -4.02. The molecule has 14 aromatic rings. The van der Waals surface area contributed by atoms with Crippen LogP contribution in [0, 0.1) is 55.4 Å². The summed E-state index contributed by atoms with van der Waals surface area (Å²) in [5.41, 5.74) is 15.3. The molecule has 0 aliphatic carbocycles. The van der Waals surface area contributed by atoms with Gasteiger partial charge in [0.1, 0.15) is 41.4 Å². The summed E-state index contributed by atoms with van der Waals surface area (Å²) in [5.74, 6) is 2.72. The molecule has 107 heavy (non-hydrogen) atoms. The summed E-state index contributed by atoms with van der Waals surface area (Å²) in [6.07, 6.45) is 17.6. The Morgan fingerprint density at radius 3 is 1.50 bits per heavy atom. The maximum Gasteiger partial charge on any atom is 0.492 e. The second-order valence-electron chi connectivity index (χ2n) is 21.3. The van der Waals surface area contributed by atoms with Crippen LogP contribution in [0.15, 0.2) is 175 Å². The van der Waals surface area contributed by atoms with Gasteiger partial charge in [-0.25, -0.2) is 29.9 Å². The van der Waals surface area contributed by atoms with Gasteiger partial charge in [-0.15, -0.1) is 34.0 Å². The van der Waals surface area contributed by atoms with Crippen LogP contribution in [0.4, 0.5) is 28.7 Å². The zero-order valence-electron chi connectivity index (χ0n) is 59.2. The number of ether oxygens (including phenoxy) is 3. The van der Waals surface area contributed by atoms with Gasteiger partial charge in [-0.1, -0.05) is 72.3 Å². The normalized spacial score (nSPS) is 10.3. The average Bonchev–Trinajstić information content (AvgIpc) is 1.66. The summed E-state index contributed by atoms with van der Waals surface area (Å²) in [6, 6.07) is 28.7. The summed E-state index contributed by atoms with van der Waals surface area (Å²) in [6.45, 7) is 16.4. The Hall–Kier alpha value is -9.74. The molecule has 39 heteroatoms.